The summed E-state index contributed by atoms with van der Waals surface area (Å²) < 4.78 is 0. The summed E-state index contributed by atoms with van der Waals surface area (Å²) in [5, 5.41) is 3.60. The monoisotopic (exact) mass is 437 g/mol. The van der Waals surface area contributed by atoms with Crippen LogP contribution >= 0.6 is 0 Å². The van der Waals surface area contributed by atoms with E-state index < -0.39 is 0 Å². The van der Waals surface area contributed by atoms with Gasteiger partial charge in [0.05, 0.1) is 28.4 Å². The van der Waals surface area contributed by atoms with Gasteiger partial charge in [0.2, 0.25) is 0 Å². The number of para-hydroxylation sites is 2. The van der Waals surface area contributed by atoms with Gasteiger partial charge in [-0.1, -0.05) is 66.2 Å². The molecular formula is C29H31N3O. The molecule has 1 aliphatic heterocycles. The highest BCUT2D eigenvalue weighted by Crippen LogP contribution is 2.37. The van der Waals surface area contributed by atoms with Gasteiger partial charge in [-0.05, 0) is 57.4 Å². The standard InChI is InChI=1S/C29H31N3O/c1-6-32(7-2)29(33)25(22-15-10-12-19(3)18-22)28-27(30-24-17-9-8-13-20(24)4)23-16-11-14-21(5)26(23)31-28/h8-18,31H,6-7H2,1-5H3/b28-25+,30-27?. The molecule has 168 valence electrons. The predicted octanol–water partition coefficient (Wildman–Crippen LogP) is 6.44. The van der Waals surface area contributed by atoms with Crippen LogP contribution in [0.1, 0.15) is 41.7 Å². The Labute approximate surface area is 196 Å². The number of benzene rings is 3. The zero-order valence-corrected chi connectivity index (χ0v) is 20.1. The van der Waals surface area contributed by atoms with Crippen LogP contribution in [0.4, 0.5) is 11.4 Å². The number of allylic oxidation sites excluding steroid dienone is 1. The molecule has 4 heteroatoms. The summed E-state index contributed by atoms with van der Waals surface area (Å²) in [7, 11) is 0. The number of aliphatic imine (C=N–C) groups is 1. The van der Waals surface area contributed by atoms with E-state index in [0.717, 1.165) is 50.6 Å². The Morgan fingerprint density at radius 1 is 0.879 bits per heavy atom. The van der Waals surface area contributed by atoms with E-state index in [2.05, 4.69) is 56.4 Å². The summed E-state index contributed by atoms with van der Waals surface area (Å²) >= 11 is 0. The maximum atomic E-state index is 13.9. The summed E-state index contributed by atoms with van der Waals surface area (Å²) in [4.78, 5) is 20.9. The first-order chi connectivity index (χ1) is 15.9. The quantitative estimate of drug-likeness (QED) is 0.467. The van der Waals surface area contributed by atoms with Crippen LogP contribution in [0.3, 0.4) is 0 Å². The molecular weight excluding hydrogens is 406 g/mol. The second-order valence-electron chi connectivity index (χ2n) is 8.47. The first kappa shape index (κ1) is 22.5. The van der Waals surface area contributed by atoms with Crippen molar-refractivity contribution in [2.45, 2.75) is 34.6 Å². The molecule has 4 nitrogen and oxygen atoms in total. The Morgan fingerprint density at radius 2 is 1.58 bits per heavy atom. The third-order valence-electron chi connectivity index (χ3n) is 6.18. The summed E-state index contributed by atoms with van der Waals surface area (Å²) in [6.07, 6.45) is 0. The van der Waals surface area contributed by atoms with Crippen molar-refractivity contribution in [3.05, 3.63) is 100 Å². The fraction of sp³-hybridized carbons (Fsp3) is 0.241. The molecule has 0 atom stereocenters. The Morgan fingerprint density at radius 3 is 2.27 bits per heavy atom. The van der Waals surface area contributed by atoms with Gasteiger partial charge in [0.1, 0.15) is 0 Å². The summed E-state index contributed by atoms with van der Waals surface area (Å²) in [5.74, 6) is 0.0102. The Hall–Kier alpha value is -3.66. The number of amides is 1. The normalized spacial score (nSPS) is 15.2. The van der Waals surface area contributed by atoms with Crippen molar-refractivity contribution in [3.8, 4) is 0 Å². The highest BCUT2D eigenvalue weighted by Gasteiger charge is 2.31. The van der Waals surface area contributed by atoms with Crippen molar-refractivity contribution in [2.24, 2.45) is 4.99 Å². The van der Waals surface area contributed by atoms with E-state index in [4.69, 9.17) is 4.99 Å². The van der Waals surface area contributed by atoms with Gasteiger partial charge in [-0.25, -0.2) is 4.99 Å². The molecule has 1 N–H and O–H groups in total. The fourth-order valence-electron chi connectivity index (χ4n) is 4.30. The molecule has 0 aromatic heterocycles. The second-order valence-corrected chi connectivity index (χ2v) is 8.47. The van der Waals surface area contributed by atoms with Gasteiger partial charge in [-0.2, -0.15) is 0 Å². The molecule has 4 rings (SSSR count). The summed E-state index contributed by atoms with van der Waals surface area (Å²) in [6.45, 7) is 11.5. The lowest BCUT2D eigenvalue weighted by atomic mass is 9.97. The van der Waals surface area contributed by atoms with Crippen molar-refractivity contribution >= 4 is 28.6 Å². The lowest BCUT2D eigenvalue weighted by Crippen LogP contribution is -2.32. The fourth-order valence-corrected chi connectivity index (χ4v) is 4.30. The first-order valence-electron chi connectivity index (χ1n) is 11.6. The van der Waals surface area contributed by atoms with Gasteiger partial charge < -0.3 is 10.2 Å². The third kappa shape index (κ3) is 4.34. The number of hydrogen-bond donors (Lipinski definition) is 1. The molecule has 0 saturated heterocycles. The first-order valence-corrected chi connectivity index (χ1v) is 11.6. The number of rotatable bonds is 5. The van der Waals surface area contributed by atoms with Crippen molar-refractivity contribution < 1.29 is 4.79 Å². The van der Waals surface area contributed by atoms with Crippen LogP contribution in [0.25, 0.3) is 5.57 Å². The van der Waals surface area contributed by atoms with Gasteiger partial charge in [0.15, 0.2) is 0 Å². The maximum Gasteiger partial charge on any atom is 0.256 e. The van der Waals surface area contributed by atoms with E-state index >= 15 is 0 Å². The second kappa shape index (κ2) is 9.45. The van der Waals surface area contributed by atoms with Crippen LogP contribution in [0.5, 0.6) is 0 Å². The molecule has 0 radical (unpaired) electrons. The highest BCUT2D eigenvalue weighted by molar-refractivity contribution is 6.34. The summed E-state index contributed by atoms with van der Waals surface area (Å²) in [5.41, 5.74) is 9.40. The van der Waals surface area contributed by atoms with Gasteiger partial charge in [0.25, 0.3) is 5.91 Å². The van der Waals surface area contributed by atoms with Crippen molar-refractivity contribution in [2.75, 3.05) is 18.4 Å². The third-order valence-corrected chi connectivity index (χ3v) is 6.18. The molecule has 0 unspecified atom stereocenters. The smallest absolute Gasteiger partial charge is 0.256 e. The lowest BCUT2D eigenvalue weighted by Gasteiger charge is -2.22. The van der Waals surface area contributed by atoms with Crippen LogP contribution in [0, 0.1) is 20.8 Å². The van der Waals surface area contributed by atoms with E-state index in [-0.39, 0.29) is 5.91 Å². The van der Waals surface area contributed by atoms with E-state index in [1.807, 2.05) is 55.1 Å². The minimum atomic E-state index is 0.0102. The van der Waals surface area contributed by atoms with Crippen LogP contribution in [0.15, 0.2) is 77.4 Å². The molecule has 0 fully saturated rings. The van der Waals surface area contributed by atoms with Gasteiger partial charge in [-0.3, -0.25) is 4.79 Å². The minimum Gasteiger partial charge on any atom is -0.352 e. The molecule has 1 amide bonds. The number of hydrogen-bond acceptors (Lipinski definition) is 3. The number of fused-ring (bicyclic) bond motifs is 1. The number of likely N-dealkylation sites (N-methyl/N-ethyl adjacent to an activating group) is 1. The molecule has 3 aromatic rings. The molecule has 33 heavy (non-hydrogen) atoms. The van der Waals surface area contributed by atoms with Crippen molar-refractivity contribution in [1.82, 2.24) is 4.90 Å². The van der Waals surface area contributed by atoms with E-state index in [1.54, 1.807) is 0 Å². The average molecular weight is 438 g/mol. The van der Waals surface area contributed by atoms with Gasteiger partial charge >= 0.3 is 0 Å². The van der Waals surface area contributed by atoms with Crippen LogP contribution < -0.4 is 5.32 Å². The SMILES string of the molecule is CCN(CC)C(=O)/C(=C1/Nc2c(C)cccc2C1=Nc1ccccc1C)c1cccc(C)c1. The number of nitrogens with one attached hydrogen (secondary N) is 1. The summed E-state index contributed by atoms with van der Waals surface area (Å²) in [6, 6.07) is 22.5. The van der Waals surface area contributed by atoms with Crippen molar-refractivity contribution in [1.29, 1.82) is 0 Å². The molecule has 0 aliphatic carbocycles. The number of carbonyl (C=O) groups is 1. The van der Waals surface area contributed by atoms with Crippen LogP contribution in [-0.4, -0.2) is 29.6 Å². The topological polar surface area (TPSA) is 44.7 Å². The average Bonchev–Trinajstić information content (AvgIpc) is 3.16. The van der Waals surface area contributed by atoms with E-state index in [9.17, 15) is 4.79 Å². The molecule has 3 aromatic carbocycles. The van der Waals surface area contributed by atoms with Gasteiger partial charge in [0, 0.05) is 18.7 Å². The largest absolute Gasteiger partial charge is 0.352 e. The molecule has 0 spiro atoms. The minimum absolute atomic E-state index is 0.0102. The van der Waals surface area contributed by atoms with Gasteiger partial charge in [-0.15, -0.1) is 0 Å². The highest BCUT2D eigenvalue weighted by atomic mass is 16.2. The Balaban J connectivity index is 2.04. The molecule has 0 bridgehead atoms. The Bertz CT molecular complexity index is 1270. The van der Waals surface area contributed by atoms with Crippen LogP contribution in [0.2, 0.25) is 0 Å². The molecule has 1 heterocycles. The Kier molecular flexibility index (Phi) is 6.45. The maximum absolute atomic E-state index is 13.9. The van der Waals surface area contributed by atoms with Crippen molar-refractivity contribution in [3.63, 3.8) is 0 Å². The number of anilines is 1. The van der Waals surface area contributed by atoms with E-state index in [0.29, 0.717) is 18.7 Å². The number of carbonyl (C=O) groups excluding carboxylic acids is 1. The lowest BCUT2D eigenvalue weighted by molar-refractivity contribution is -0.124. The van der Waals surface area contributed by atoms with Crippen LogP contribution in [-0.2, 0) is 4.79 Å². The number of nitrogens with zero attached hydrogens (tertiary/aromatic N) is 2. The van der Waals surface area contributed by atoms with E-state index in [1.165, 1.54) is 0 Å². The number of aryl methyl sites for hydroxylation is 3. The predicted molar refractivity (Wildman–Crippen MR) is 138 cm³/mol. The molecule has 1 aliphatic rings. The zero-order valence-electron chi connectivity index (χ0n) is 20.1. The zero-order chi connectivity index (χ0) is 23.5. The molecule has 0 saturated carbocycles.